The van der Waals surface area contributed by atoms with Gasteiger partial charge in [0.15, 0.2) is 0 Å². The SMILES string of the molecule is COc1ccccc1C1CN(CC2CCOCC2)CCN1C. The van der Waals surface area contributed by atoms with E-state index >= 15 is 0 Å². The molecule has 0 saturated carbocycles. The maximum absolute atomic E-state index is 5.57. The van der Waals surface area contributed by atoms with E-state index in [4.69, 9.17) is 9.47 Å². The average Bonchev–Trinajstić information content (AvgIpc) is 2.57. The van der Waals surface area contributed by atoms with Gasteiger partial charge in [-0.15, -0.1) is 0 Å². The molecule has 22 heavy (non-hydrogen) atoms. The molecule has 0 N–H and O–H groups in total. The zero-order valence-electron chi connectivity index (χ0n) is 13.8. The number of piperazine rings is 1. The lowest BCUT2D eigenvalue weighted by molar-refractivity contribution is 0.0330. The summed E-state index contributed by atoms with van der Waals surface area (Å²) in [7, 11) is 3.99. The standard InChI is InChI=1S/C18H28N2O2/c1-19-9-10-20(13-15-7-11-22-12-8-15)14-17(19)16-5-3-4-6-18(16)21-2/h3-6,15,17H,7-14H2,1-2H3. The Morgan fingerprint density at radius 1 is 1.18 bits per heavy atom. The zero-order chi connectivity index (χ0) is 15.4. The smallest absolute Gasteiger partial charge is 0.123 e. The minimum atomic E-state index is 0.421. The van der Waals surface area contributed by atoms with Gasteiger partial charge in [0.2, 0.25) is 0 Å². The molecule has 2 aliphatic rings. The van der Waals surface area contributed by atoms with Gasteiger partial charge in [0.05, 0.1) is 13.2 Å². The third kappa shape index (κ3) is 3.62. The summed E-state index contributed by atoms with van der Waals surface area (Å²) in [4.78, 5) is 5.09. The molecule has 1 aromatic carbocycles. The first-order valence-electron chi connectivity index (χ1n) is 8.41. The van der Waals surface area contributed by atoms with E-state index in [1.807, 2.05) is 6.07 Å². The number of benzene rings is 1. The third-order valence-corrected chi connectivity index (χ3v) is 5.09. The molecule has 122 valence electrons. The van der Waals surface area contributed by atoms with E-state index in [0.29, 0.717) is 6.04 Å². The zero-order valence-corrected chi connectivity index (χ0v) is 13.8. The van der Waals surface area contributed by atoms with Crippen LogP contribution in [0.25, 0.3) is 0 Å². The Labute approximate surface area is 134 Å². The number of nitrogens with zero attached hydrogens (tertiary/aromatic N) is 2. The van der Waals surface area contributed by atoms with E-state index in [2.05, 4.69) is 35.0 Å². The van der Waals surface area contributed by atoms with Gasteiger partial charge in [0.1, 0.15) is 5.75 Å². The fourth-order valence-electron chi connectivity index (χ4n) is 3.67. The van der Waals surface area contributed by atoms with E-state index in [1.165, 1.54) is 31.5 Å². The predicted molar refractivity (Wildman–Crippen MR) is 88.3 cm³/mol. The summed E-state index contributed by atoms with van der Waals surface area (Å²) in [5, 5.41) is 0. The van der Waals surface area contributed by atoms with E-state index < -0.39 is 0 Å². The number of rotatable bonds is 4. The fourth-order valence-corrected chi connectivity index (χ4v) is 3.67. The largest absolute Gasteiger partial charge is 0.496 e. The summed E-state index contributed by atoms with van der Waals surface area (Å²) < 4.78 is 11.1. The van der Waals surface area contributed by atoms with Gasteiger partial charge in [-0.1, -0.05) is 18.2 Å². The van der Waals surface area contributed by atoms with Crippen LogP contribution >= 0.6 is 0 Å². The van der Waals surface area contributed by atoms with Crippen LogP contribution in [0.15, 0.2) is 24.3 Å². The second kappa shape index (κ2) is 7.44. The molecule has 2 heterocycles. The monoisotopic (exact) mass is 304 g/mol. The molecule has 2 fully saturated rings. The molecule has 2 aliphatic heterocycles. The molecule has 2 saturated heterocycles. The van der Waals surface area contributed by atoms with Gasteiger partial charge in [-0.25, -0.2) is 0 Å². The number of ether oxygens (including phenoxy) is 2. The highest BCUT2D eigenvalue weighted by atomic mass is 16.5. The van der Waals surface area contributed by atoms with Gasteiger partial charge in [-0.3, -0.25) is 9.80 Å². The molecular formula is C18H28N2O2. The van der Waals surface area contributed by atoms with Crippen LogP contribution in [0, 0.1) is 5.92 Å². The van der Waals surface area contributed by atoms with Crippen molar-refractivity contribution in [2.45, 2.75) is 18.9 Å². The average molecular weight is 304 g/mol. The molecule has 3 rings (SSSR count). The number of likely N-dealkylation sites (N-methyl/N-ethyl adjacent to an activating group) is 1. The normalized spacial score (nSPS) is 25.3. The highest BCUT2D eigenvalue weighted by Crippen LogP contribution is 2.31. The maximum atomic E-state index is 5.57. The Morgan fingerprint density at radius 3 is 2.73 bits per heavy atom. The van der Waals surface area contributed by atoms with Crippen molar-refractivity contribution in [2.75, 3.05) is 53.6 Å². The first kappa shape index (κ1) is 15.8. The Balaban J connectivity index is 1.67. The van der Waals surface area contributed by atoms with E-state index in [9.17, 15) is 0 Å². The van der Waals surface area contributed by atoms with Crippen molar-refractivity contribution >= 4 is 0 Å². The van der Waals surface area contributed by atoms with Gasteiger partial charge in [0, 0.05) is 45.0 Å². The van der Waals surface area contributed by atoms with Crippen molar-refractivity contribution in [3.05, 3.63) is 29.8 Å². The van der Waals surface area contributed by atoms with E-state index in [-0.39, 0.29) is 0 Å². The lowest BCUT2D eigenvalue weighted by Crippen LogP contribution is -2.48. The van der Waals surface area contributed by atoms with Crippen LogP contribution in [-0.4, -0.2) is 63.4 Å². The van der Waals surface area contributed by atoms with E-state index in [1.54, 1.807) is 7.11 Å². The second-order valence-corrected chi connectivity index (χ2v) is 6.55. The third-order valence-electron chi connectivity index (χ3n) is 5.09. The van der Waals surface area contributed by atoms with Crippen molar-refractivity contribution in [2.24, 2.45) is 5.92 Å². The molecule has 0 aliphatic carbocycles. The first-order chi connectivity index (χ1) is 10.8. The highest BCUT2D eigenvalue weighted by Gasteiger charge is 2.29. The number of hydrogen-bond donors (Lipinski definition) is 0. The number of para-hydroxylation sites is 1. The molecule has 0 bridgehead atoms. The molecule has 1 unspecified atom stereocenters. The Bertz CT molecular complexity index is 474. The maximum Gasteiger partial charge on any atom is 0.123 e. The molecular weight excluding hydrogens is 276 g/mol. The van der Waals surface area contributed by atoms with Gasteiger partial charge < -0.3 is 9.47 Å². The molecule has 4 heteroatoms. The van der Waals surface area contributed by atoms with Gasteiger partial charge in [-0.05, 0) is 31.9 Å². The van der Waals surface area contributed by atoms with E-state index in [0.717, 1.165) is 38.0 Å². The van der Waals surface area contributed by atoms with Crippen LogP contribution in [0.1, 0.15) is 24.4 Å². The minimum absolute atomic E-state index is 0.421. The summed E-state index contributed by atoms with van der Waals surface area (Å²) in [6.45, 7) is 6.46. The van der Waals surface area contributed by atoms with Crippen molar-refractivity contribution in [1.29, 1.82) is 0 Å². The van der Waals surface area contributed by atoms with Crippen LogP contribution in [-0.2, 0) is 4.74 Å². The van der Waals surface area contributed by atoms with Crippen molar-refractivity contribution in [1.82, 2.24) is 9.80 Å². The van der Waals surface area contributed by atoms with Gasteiger partial charge >= 0.3 is 0 Å². The lowest BCUT2D eigenvalue weighted by atomic mass is 9.97. The fraction of sp³-hybridized carbons (Fsp3) is 0.667. The quantitative estimate of drug-likeness (QED) is 0.853. The Hall–Kier alpha value is -1.10. The molecule has 1 aromatic rings. The molecule has 0 spiro atoms. The topological polar surface area (TPSA) is 24.9 Å². The molecule has 0 aromatic heterocycles. The summed E-state index contributed by atoms with van der Waals surface area (Å²) >= 11 is 0. The van der Waals surface area contributed by atoms with Crippen LogP contribution in [0.4, 0.5) is 0 Å². The van der Waals surface area contributed by atoms with Crippen LogP contribution in [0.5, 0.6) is 5.75 Å². The van der Waals surface area contributed by atoms with Crippen LogP contribution < -0.4 is 4.74 Å². The van der Waals surface area contributed by atoms with Crippen molar-refractivity contribution in [3.8, 4) is 5.75 Å². The van der Waals surface area contributed by atoms with Crippen molar-refractivity contribution in [3.63, 3.8) is 0 Å². The summed E-state index contributed by atoms with van der Waals surface area (Å²) in [6, 6.07) is 8.86. The van der Waals surface area contributed by atoms with Gasteiger partial charge in [0.25, 0.3) is 0 Å². The lowest BCUT2D eigenvalue weighted by Gasteiger charge is -2.41. The van der Waals surface area contributed by atoms with Gasteiger partial charge in [-0.2, -0.15) is 0 Å². The van der Waals surface area contributed by atoms with Crippen LogP contribution in [0.2, 0.25) is 0 Å². The summed E-state index contributed by atoms with van der Waals surface area (Å²) in [5.41, 5.74) is 1.31. The van der Waals surface area contributed by atoms with Crippen molar-refractivity contribution < 1.29 is 9.47 Å². The van der Waals surface area contributed by atoms with Crippen LogP contribution in [0.3, 0.4) is 0 Å². The molecule has 0 radical (unpaired) electrons. The minimum Gasteiger partial charge on any atom is -0.496 e. The summed E-state index contributed by atoms with van der Waals surface area (Å²) in [6.07, 6.45) is 2.43. The number of hydrogen-bond acceptors (Lipinski definition) is 4. The second-order valence-electron chi connectivity index (χ2n) is 6.55. The predicted octanol–water partition coefficient (Wildman–Crippen LogP) is 2.41. The number of methoxy groups -OCH3 is 1. The molecule has 1 atom stereocenters. The Kier molecular flexibility index (Phi) is 5.34. The Morgan fingerprint density at radius 2 is 1.95 bits per heavy atom. The first-order valence-corrected chi connectivity index (χ1v) is 8.41. The summed E-state index contributed by atoms with van der Waals surface area (Å²) in [5.74, 6) is 1.81. The molecule has 4 nitrogen and oxygen atoms in total. The molecule has 0 amide bonds. The highest BCUT2D eigenvalue weighted by molar-refractivity contribution is 5.36.